The highest BCUT2D eigenvalue weighted by molar-refractivity contribution is 5.94. The molecule has 1 fully saturated rings. The Morgan fingerprint density at radius 1 is 1.19 bits per heavy atom. The van der Waals surface area contributed by atoms with Crippen LogP contribution in [0.1, 0.15) is 53.9 Å². The van der Waals surface area contributed by atoms with Crippen LogP contribution in [0.15, 0.2) is 24.3 Å². The third-order valence-electron chi connectivity index (χ3n) is 7.01. The highest BCUT2D eigenvalue weighted by Gasteiger charge is 2.38. The van der Waals surface area contributed by atoms with Crippen molar-refractivity contribution in [2.45, 2.75) is 50.7 Å². The molecule has 1 aromatic heterocycles. The van der Waals surface area contributed by atoms with Gasteiger partial charge in [-0.15, -0.1) is 0 Å². The summed E-state index contributed by atoms with van der Waals surface area (Å²) < 4.78 is 54.7. The number of nitrogens with one attached hydrogen (secondary N) is 1. The van der Waals surface area contributed by atoms with Crippen LogP contribution in [0.4, 0.5) is 19.0 Å². The maximum atomic E-state index is 15.1. The van der Waals surface area contributed by atoms with Crippen molar-refractivity contribution in [1.29, 1.82) is 0 Å². The molecule has 1 saturated heterocycles. The van der Waals surface area contributed by atoms with E-state index < -0.39 is 35.6 Å². The predicted molar refractivity (Wildman–Crippen MR) is 127 cm³/mol. The Balaban J connectivity index is 1.61. The number of hydrogen-bond donors (Lipinski definition) is 3. The largest absolute Gasteiger partial charge is 0.492 e. The fourth-order valence-corrected chi connectivity index (χ4v) is 5.05. The molecule has 2 aliphatic heterocycles. The second-order valence-electron chi connectivity index (χ2n) is 9.43. The standard InChI is InChI=1S/C26H28F3N3O4/c1-14(16-4-3-5-19(21(16)27)26(28,29)13-33)30-24-18-12-20(25(34)7-10-35-11-8-25)23-17(6-9-36-23)22(18)31-15(2)32-24/h3-5,12,14,33-34H,6-11,13H2,1-2H3,(H,30,31,32). The molecular weight excluding hydrogens is 475 g/mol. The van der Waals surface area contributed by atoms with Gasteiger partial charge < -0.3 is 25.0 Å². The van der Waals surface area contributed by atoms with Crippen LogP contribution >= 0.6 is 0 Å². The predicted octanol–water partition coefficient (Wildman–Crippen LogP) is 4.27. The number of aryl methyl sites for hydroxylation is 1. The molecule has 3 aromatic rings. The SMILES string of the molecule is Cc1nc(NC(C)c2cccc(C(F)(F)CO)c2F)c2cc(C3(O)CCOCC3)c3c(c2n1)CCO3. The van der Waals surface area contributed by atoms with Gasteiger partial charge in [-0.25, -0.2) is 14.4 Å². The molecule has 1 atom stereocenters. The van der Waals surface area contributed by atoms with Gasteiger partial charge in [0.25, 0.3) is 5.92 Å². The number of aliphatic hydroxyl groups excluding tert-OH is 1. The first-order chi connectivity index (χ1) is 17.1. The zero-order valence-electron chi connectivity index (χ0n) is 20.1. The van der Waals surface area contributed by atoms with E-state index in [4.69, 9.17) is 14.6 Å². The van der Waals surface area contributed by atoms with Gasteiger partial charge in [-0.3, -0.25) is 0 Å². The zero-order valence-corrected chi connectivity index (χ0v) is 20.1. The fraction of sp³-hybridized carbons (Fsp3) is 0.462. The van der Waals surface area contributed by atoms with Crippen LogP contribution in [0.5, 0.6) is 5.75 Å². The Labute approximate surface area is 206 Å². The molecule has 0 bridgehead atoms. The van der Waals surface area contributed by atoms with Gasteiger partial charge in [0.15, 0.2) is 0 Å². The lowest BCUT2D eigenvalue weighted by molar-refractivity contribution is -0.0688. The summed E-state index contributed by atoms with van der Waals surface area (Å²) in [4.78, 5) is 9.17. The average molecular weight is 504 g/mol. The van der Waals surface area contributed by atoms with E-state index in [0.29, 0.717) is 72.9 Å². The molecule has 0 saturated carbocycles. The average Bonchev–Trinajstić information content (AvgIpc) is 3.34. The number of ether oxygens (including phenoxy) is 2. The minimum Gasteiger partial charge on any atom is -0.492 e. The number of alkyl halides is 2. The quantitative estimate of drug-likeness (QED) is 0.462. The van der Waals surface area contributed by atoms with E-state index in [0.717, 1.165) is 11.6 Å². The first-order valence-corrected chi connectivity index (χ1v) is 12.0. The normalized spacial score (nSPS) is 18.1. The monoisotopic (exact) mass is 503 g/mol. The summed E-state index contributed by atoms with van der Waals surface area (Å²) in [5.41, 5.74) is 0.205. The molecule has 1 unspecified atom stereocenters. The fourth-order valence-electron chi connectivity index (χ4n) is 5.05. The summed E-state index contributed by atoms with van der Waals surface area (Å²) in [6.07, 6.45) is 1.44. The zero-order chi connectivity index (χ0) is 25.7. The Morgan fingerprint density at radius 2 is 1.94 bits per heavy atom. The van der Waals surface area contributed by atoms with E-state index >= 15 is 4.39 Å². The van der Waals surface area contributed by atoms with Crippen molar-refractivity contribution in [3.05, 3.63) is 58.2 Å². The van der Waals surface area contributed by atoms with Gasteiger partial charge in [-0.05, 0) is 26.0 Å². The lowest BCUT2D eigenvalue weighted by Gasteiger charge is -2.33. The maximum Gasteiger partial charge on any atom is 0.298 e. The number of nitrogens with zero attached hydrogens (tertiary/aromatic N) is 2. The molecule has 0 aliphatic carbocycles. The topological polar surface area (TPSA) is 96.7 Å². The molecule has 3 N–H and O–H groups in total. The van der Waals surface area contributed by atoms with Crippen molar-refractivity contribution in [2.75, 3.05) is 31.7 Å². The van der Waals surface area contributed by atoms with Gasteiger partial charge >= 0.3 is 0 Å². The van der Waals surface area contributed by atoms with Crippen molar-refractivity contribution in [3.63, 3.8) is 0 Å². The molecule has 192 valence electrons. The van der Waals surface area contributed by atoms with Crippen molar-refractivity contribution >= 4 is 16.7 Å². The lowest BCUT2D eigenvalue weighted by atomic mass is 9.84. The lowest BCUT2D eigenvalue weighted by Crippen LogP contribution is -2.33. The van der Waals surface area contributed by atoms with Crippen LogP contribution in [0.3, 0.4) is 0 Å². The highest BCUT2D eigenvalue weighted by Crippen LogP contribution is 2.45. The van der Waals surface area contributed by atoms with Crippen LogP contribution in [0.2, 0.25) is 0 Å². The van der Waals surface area contributed by atoms with Gasteiger partial charge in [0.2, 0.25) is 0 Å². The number of aromatic nitrogens is 2. The number of benzene rings is 2. The van der Waals surface area contributed by atoms with E-state index in [2.05, 4.69) is 15.3 Å². The highest BCUT2D eigenvalue weighted by atomic mass is 19.3. The van der Waals surface area contributed by atoms with Gasteiger partial charge in [-0.2, -0.15) is 8.78 Å². The Bertz CT molecular complexity index is 1310. The van der Waals surface area contributed by atoms with Crippen LogP contribution in [-0.4, -0.2) is 46.6 Å². The summed E-state index contributed by atoms with van der Waals surface area (Å²) in [6, 6.07) is 4.79. The van der Waals surface area contributed by atoms with E-state index in [1.165, 1.54) is 12.1 Å². The number of fused-ring (bicyclic) bond motifs is 3. The molecule has 5 rings (SSSR count). The molecule has 2 aliphatic rings. The van der Waals surface area contributed by atoms with Gasteiger partial charge in [0.1, 0.15) is 29.8 Å². The first kappa shape index (κ1) is 24.7. The van der Waals surface area contributed by atoms with Gasteiger partial charge in [0, 0.05) is 54.6 Å². The number of anilines is 1. The van der Waals surface area contributed by atoms with Crippen LogP contribution < -0.4 is 10.1 Å². The minimum absolute atomic E-state index is 0.0119. The van der Waals surface area contributed by atoms with E-state index in [9.17, 15) is 13.9 Å². The molecule has 0 spiro atoms. The summed E-state index contributed by atoms with van der Waals surface area (Å²) in [7, 11) is 0. The van der Waals surface area contributed by atoms with Crippen molar-refractivity contribution in [2.24, 2.45) is 0 Å². The second-order valence-corrected chi connectivity index (χ2v) is 9.43. The van der Waals surface area contributed by atoms with Crippen molar-refractivity contribution in [1.82, 2.24) is 9.97 Å². The molecule has 7 nitrogen and oxygen atoms in total. The second kappa shape index (κ2) is 9.17. The molecule has 0 amide bonds. The molecule has 10 heteroatoms. The van der Waals surface area contributed by atoms with E-state index in [-0.39, 0.29) is 5.56 Å². The van der Waals surface area contributed by atoms with Crippen LogP contribution in [0.25, 0.3) is 10.9 Å². The van der Waals surface area contributed by atoms with Crippen LogP contribution in [0, 0.1) is 12.7 Å². The van der Waals surface area contributed by atoms with E-state index in [1.54, 1.807) is 13.8 Å². The summed E-state index contributed by atoms with van der Waals surface area (Å²) >= 11 is 0. The molecule has 36 heavy (non-hydrogen) atoms. The summed E-state index contributed by atoms with van der Waals surface area (Å²) in [5.74, 6) is -3.28. The molecule has 2 aromatic carbocycles. The Hall–Kier alpha value is -2.95. The number of rotatable bonds is 6. The first-order valence-electron chi connectivity index (χ1n) is 12.0. The van der Waals surface area contributed by atoms with Gasteiger partial charge in [-0.1, -0.05) is 12.1 Å². The number of aliphatic hydroxyl groups is 2. The maximum absolute atomic E-state index is 15.1. The smallest absolute Gasteiger partial charge is 0.298 e. The van der Waals surface area contributed by atoms with Crippen molar-refractivity contribution in [3.8, 4) is 5.75 Å². The molecule has 3 heterocycles. The minimum atomic E-state index is -3.70. The van der Waals surface area contributed by atoms with Crippen LogP contribution in [-0.2, 0) is 22.7 Å². The molecule has 0 radical (unpaired) electrons. The van der Waals surface area contributed by atoms with Crippen molar-refractivity contribution < 1.29 is 32.9 Å². The summed E-state index contributed by atoms with van der Waals surface area (Å²) in [5, 5.41) is 24.3. The third kappa shape index (κ3) is 4.16. The summed E-state index contributed by atoms with van der Waals surface area (Å²) in [6.45, 7) is 3.20. The Morgan fingerprint density at radius 3 is 2.67 bits per heavy atom. The number of halogens is 3. The Kier molecular flexibility index (Phi) is 6.30. The number of hydrogen-bond acceptors (Lipinski definition) is 7. The van der Waals surface area contributed by atoms with Gasteiger partial charge in [0.05, 0.1) is 29.3 Å². The molecular formula is C26H28F3N3O4. The third-order valence-corrected chi connectivity index (χ3v) is 7.01. The van der Waals surface area contributed by atoms with E-state index in [1.807, 2.05) is 6.07 Å².